The summed E-state index contributed by atoms with van der Waals surface area (Å²) in [5.74, 6) is 0.865. The van der Waals surface area contributed by atoms with E-state index in [0.29, 0.717) is 11.5 Å². The molecule has 1 aliphatic carbocycles. The first-order chi connectivity index (χ1) is 14.4. The minimum atomic E-state index is 0.00244. The largest absolute Gasteiger partial charge is 0.321 e. The van der Waals surface area contributed by atoms with Gasteiger partial charge >= 0.3 is 0 Å². The Labute approximate surface area is 178 Å². The summed E-state index contributed by atoms with van der Waals surface area (Å²) in [7, 11) is 0. The monoisotopic (exact) mass is 401 g/mol. The fourth-order valence-corrected chi connectivity index (χ4v) is 5.47. The van der Waals surface area contributed by atoms with Gasteiger partial charge in [0.2, 0.25) is 0 Å². The van der Waals surface area contributed by atoms with Crippen molar-refractivity contribution in [2.24, 2.45) is 11.3 Å². The number of benzene rings is 2. The summed E-state index contributed by atoms with van der Waals surface area (Å²) < 4.78 is 2.20. The van der Waals surface area contributed by atoms with Gasteiger partial charge in [-0.15, -0.1) is 0 Å². The highest BCUT2D eigenvalue weighted by Crippen LogP contribution is 2.39. The van der Waals surface area contributed by atoms with Gasteiger partial charge in [0, 0.05) is 29.3 Å². The molecule has 30 heavy (non-hydrogen) atoms. The first-order valence-corrected chi connectivity index (χ1v) is 11.3. The zero-order valence-corrected chi connectivity index (χ0v) is 18.2. The number of hydrogen-bond donors (Lipinski definition) is 1. The lowest BCUT2D eigenvalue weighted by atomic mass is 9.76. The molecule has 0 radical (unpaired) electrons. The molecule has 2 heterocycles. The van der Waals surface area contributed by atoms with E-state index in [1.54, 1.807) is 0 Å². The molecule has 1 saturated carbocycles. The van der Waals surface area contributed by atoms with Gasteiger partial charge in [-0.1, -0.05) is 39.0 Å². The number of nitrogens with one attached hydrogen (secondary N) is 1. The number of rotatable bonds is 4. The summed E-state index contributed by atoms with van der Waals surface area (Å²) in [6.07, 6.45) is 11.5. The molecule has 3 aromatic rings. The van der Waals surface area contributed by atoms with Gasteiger partial charge < -0.3 is 5.32 Å². The smallest absolute Gasteiger partial charge is 0.256 e. The van der Waals surface area contributed by atoms with Gasteiger partial charge in [0.15, 0.2) is 0 Å². The average molecular weight is 402 g/mol. The van der Waals surface area contributed by atoms with Crippen LogP contribution in [0.1, 0.15) is 80.4 Å². The van der Waals surface area contributed by atoms with Crippen LogP contribution < -0.4 is 5.32 Å². The van der Waals surface area contributed by atoms with Gasteiger partial charge in [-0.25, -0.2) is 0 Å². The van der Waals surface area contributed by atoms with Crippen LogP contribution in [0, 0.1) is 11.3 Å². The zero-order valence-electron chi connectivity index (χ0n) is 18.2. The third kappa shape index (κ3) is 3.64. The van der Waals surface area contributed by atoms with Crippen molar-refractivity contribution >= 4 is 22.4 Å². The Bertz CT molecular complexity index is 1100. The van der Waals surface area contributed by atoms with Crippen LogP contribution in [0.15, 0.2) is 42.7 Å². The third-order valence-electron chi connectivity index (χ3n) is 6.76. The summed E-state index contributed by atoms with van der Waals surface area (Å²) in [4.78, 5) is 12.2. The molecule has 4 nitrogen and oxygen atoms in total. The van der Waals surface area contributed by atoms with Crippen molar-refractivity contribution in [1.29, 1.82) is 0 Å². The standard InChI is InChI=1S/C26H31N3O/c1-26(2,3)14-17-7-10-20(11-8-17)29-16-18(15-27-29)13-19-9-12-23-24-21(19)5-4-6-22(24)25(30)28-23/h4-6,9,12,15-17,20H,7-8,10-11,13-14H2,1-3H3,(H,28,30)/t17-,20-. The topological polar surface area (TPSA) is 46.9 Å². The molecule has 1 aromatic heterocycles. The first kappa shape index (κ1) is 19.3. The number of amides is 1. The lowest BCUT2D eigenvalue weighted by molar-refractivity contribution is 0.103. The minimum Gasteiger partial charge on any atom is -0.321 e. The maximum Gasteiger partial charge on any atom is 0.256 e. The molecular weight excluding hydrogens is 370 g/mol. The summed E-state index contributed by atoms with van der Waals surface area (Å²) >= 11 is 0. The Morgan fingerprint density at radius 1 is 1.10 bits per heavy atom. The summed E-state index contributed by atoms with van der Waals surface area (Å²) in [6, 6.07) is 10.7. The Morgan fingerprint density at radius 2 is 1.90 bits per heavy atom. The molecule has 4 heteroatoms. The van der Waals surface area contributed by atoms with E-state index in [-0.39, 0.29) is 5.91 Å². The molecule has 0 spiro atoms. The van der Waals surface area contributed by atoms with E-state index in [9.17, 15) is 4.79 Å². The molecule has 0 bridgehead atoms. The van der Waals surface area contributed by atoms with Crippen molar-refractivity contribution in [3.8, 4) is 0 Å². The Kier molecular flexibility index (Phi) is 4.68. The van der Waals surface area contributed by atoms with E-state index < -0.39 is 0 Å². The lowest BCUT2D eigenvalue weighted by Crippen LogP contribution is -2.22. The van der Waals surface area contributed by atoms with Crippen molar-refractivity contribution in [3.05, 3.63) is 59.4 Å². The van der Waals surface area contributed by atoms with Gasteiger partial charge in [0.05, 0.1) is 12.2 Å². The number of aromatic nitrogens is 2. The number of carbonyl (C=O) groups is 1. The molecule has 0 unspecified atom stereocenters. The van der Waals surface area contributed by atoms with Crippen molar-refractivity contribution in [2.45, 2.75) is 65.3 Å². The van der Waals surface area contributed by atoms with E-state index in [4.69, 9.17) is 5.10 Å². The molecule has 5 rings (SSSR count). The van der Waals surface area contributed by atoms with Gasteiger partial charge in [0.25, 0.3) is 5.91 Å². The highest BCUT2D eigenvalue weighted by Gasteiger charge is 2.26. The molecule has 0 saturated heterocycles. The van der Waals surface area contributed by atoms with Crippen LogP contribution in [-0.4, -0.2) is 15.7 Å². The molecule has 1 fully saturated rings. The highest BCUT2D eigenvalue weighted by atomic mass is 16.1. The molecule has 1 aliphatic heterocycles. The molecular formula is C26H31N3O. The number of carbonyl (C=O) groups excluding carboxylic acids is 1. The van der Waals surface area contributed by atoms with Gasteiger partial charge in [-0.2, -0.15) is 5.10 Å². The molecule has 2 aromatic carbocycles. The molecule has 2 aliphatic rings. The molecule has 0 atom stereocenters. The van der Waals surface area contributed by atoms with Crippen LogP contribution in [0.5, 0.6) is 0 Å². The second-order valence-corrected chi connectivity index (χ2v) is 10.4. The Balaban J connectivity index is 1.31. The van der Waals surface area contributed by atoms with Crippen LogP contribution in [0.25, 0.3) is 10.8 Å². The quantitative estimate of drug-likeness (QED) is 0.553. The van der Waals surface area contributed by atoms with Gasteiger partial charge in [-0.05, 0) is 72.1 Å². The number of anilines is 1. The number of hydrogen-bond acceptors (Lipinski definition) is 2. The second-order valence-electron chi connectivity index (χ2n) is 10.4. The van der Waals surface area contributed by atoms with Crippen molar-refractivity contribution in [3.63, 3.8) is 0 Å². The fourth-order valence-electron chi connectivity index (χ4n) is 5.47. The van der Waals surface area contributed by atoms with E-state index >= 15 is 0 Å². The SMILES string of the molecule is CC(C)(C)C[C@H]1CC[C@H](n2cc(Cc3ccc4c5c(cccc35)C(=O)N4)cn2)CC1. The Morgan fingerprint density at radius 3 is 2.67 bits per heavy atom. The maximum atomic E-state index is 12.2. The summed E-state index contributed by atoms with van der Waals surface area (Å²) in [5, 5.41) is 9.92. The summed E-state index contributed by atoms with van der Waals surface area (Å²) in [6.45, 7) is 7.06. The van der Waals surface area contributed by atoms with E-state index in [1.807, 2.05) is 24.4 Å². The van der Waals surface area contributed by atoms with Crippen molar-refractivity contribution in [2.75, 3.05) is 5.32 Å². The van der Waals surface area contributed by atoms with Crippen LogP contribution in [0.4, 0.5) is 5.69 Å². The first-order valence-electron chi connectivity index (χ1n) is 11.3. The zero-order chi connectivity index (χ0) is 20.9. The van der Waals surface area contributed by atoms with Gasteiger partial charge in [0.1, 0.15) is 0 Å². The Hall–Kier alpha value is -2.62. The fraction of sp³-hybridized carbons (Fsp3) is 0.462. The summed E-state index contributed by atoms with van der Waals surface area (Å²) in [5.41, 5.74) is 4.63. The lowest BCUT2D eigenvalue weighted by Gasteiger charge is -2.32. The van der Waals surface area contributed by atoms with E-state index in [1.165, 1.54) is 48.6 Å². The maximum absolute atomic E-state index is 12.2. The minimum absolute atomic E-state index is 0.00244. The molecule has 156 valence electrons. The van der Waals surface area contributed by atoms with Crippen molar-refractivity contribution < 1.29 is 4.79 Å². The van der Waals surface area contributed by atoms with Crippen LogP contribution >= 0.6 is 0 Å². The average Bonchev–Trinajstić information content (AvgIpc) is 3.29. The molecule has 1 N–H and O–H groups in total. The van der Waals surface area contributed by atoms with Crippen molar-refractivity contribution in [1.82, 2.24) is 9.78 Å². The van der Waals surface area contributed by atoms with Gasteiger partial charge in [-0.3, -0.25) is 9.48 Å². The second kappa shape index (κ2) is 7.26. The van der Waals surface area contributed by atoms with Crippen LogP contribution in [-0.2, 0) is 6.42 Å². The number of nitrogens with zero attached hydrogens (tertiary/aromatic N) is 2. The van der Waals surface area contributed by atoms with Crippen LogP contribution in [0.3, 0.4) is 0 Å². The van der Waals surface area contributed by atoms with E-state index in [2.05, 4.69) is 49.1 Å². The highest BCUT2D eigenvalue weighted by molar-refractivity contribution is 6.24. The third-order valence-corrected chi connectivity index (χ3v) is 6.76. The normalized spacial score (nSPS) is 21.2. The van der Waals surface area contributed by atoms with Crippen LogP contribution in [0.2, 0.25) is 0 Å². The van der Waals surface area contributed by atoms with E-state index in [0.717, 1.165) is 29.0 Å². The molecule has 1 amide bonds. The predicted molar refractivity (Wildman–Crippen MR) is 122 cm³/mol. The predicted octanol–water partition coefficient (Wildman–Crippen LogP) is 6.36.